The van der Waals surface area contributed by atoms with Crippen molar-refractivity contribution in [3.8, 4) is 0 Å². The molecule has 1 saturated heterocycles. The summed E-state index contributed by atoms with van der Waals surface area (Å²) in [6, 6.07) is 0.754. The lowest BCUT2D eigenvalue weighted by atomic mass is 10.1. The van der Waals surface area contributed by atoms with Crippen LogP contribution in [-0.4, -0.2) is 42.3 Å². The molecule has 2 unspecified atom stereocenters. The minimum atomic E-state index is 0.110. The zero-order valence-corrected chi connectivity index (χ0v) is 10.9. The van der Waals surface area contributed by atoms with Gasteiger partial charge in [0.05, 0.1) is 18.8 Å². The molecule has 0 aromatic rings. The Morgan fingerprint density at radius 3 is 2.76 bits per heavy atom. The number of urea groups is 1. The molecule has 4 nitrogen and oxygen atoms in total. The highest BCUT2D eigenvalue weighted by atomic mass is 16.5. The highest BCUT2D eigenvalue weighted by molar-refractivity contribution is 5.75. The number of nitrogens with one attached hydrogen (secondary N) is 1. The van der Waals surface area contributed by atoms with E-state index < -0.39 is 0 Å². The van der Waals surface area contributed by atoms with Crippen molar-refractivity contribution in [1.29, 1.82) is 0 Å². The maximum absolute atomic E-state index is 12.2. The average molecular weight is 240 g/mol. The third kappa shape index (κ3) is 3.12. The zero-order valence-electron chi connectivity index (χ0n) is 10.9. The van der Waals surface area contributed by atoms with Crippen molar-refractivity contribution in [2.75, 3.05) is 13.2 Å². The standard InChI is InChI=1S/C13H24N2O2/c1-3-12-9-17-10(2)8-15(12)13(16)14-11-6-4-5-7-11/h10-12H,3-9H2,1-2H3,(H,14,16). The number of amides is 2. The molecular formula is C13H24N2O2. The molecule has 0 spiro atoms. The molecular weight excluding hydrogens is 216 g/mol. The van der Waals surface area contributed by atoms with Gasteiger partial charge in [-0.05, 0) is 26.2 Å². The van der Waals surface area contributed by atoms with Gasteiger partial charge in [-0.25, -0.2) is 4.79 Å². The van der Waals surface area contributed by atoms with Crippen LogP contribution in [0, 0.1) is 0 Å². The molecule has 1 saturated carbocycles. The normalized spacial score (nSPS) is 30.6. The number of carbonyl (C=O) groups excluding carboxylic acids is 1. The van der Waals surface area contributed by atoms with Crippen LogP contribution in [0.1, 0.15) is 46.0 Å². The van der Waals surface area contributed by atoms with Crippen LogP contribution in [0.15, 0.2) is 0 Å². The second-order valence-corrected chi connectivity index (χ2v) is 5.29. The molecule has 0 aromatic heterocycles. The van der Waals surface area contributed by atoms with Crippen molar-refractivity contribution in [3.63, 3.8) is 0 Å². The fourth-order valence-electron chi connectivity index (χ4n) is 2.76. The largest absolute Gasteiger partial charge is 0.375 e. The minimum Gasteiger partial charge on any atom is -0.375 e. The van der Waals surface area contributed by atoms with Crippen molar-refractivity contribution in [2.45, 2.75) is 64.1 Å². The van der Waals surface area contributed by atoms with Gasteiger partial charge in [-0.2, -0.15) is 0 Å². The number of carbonyl (C=O) groups is 1. The first kappa shape index (κ1) is 12.7. The topological polar surface area (TPSA) is 41.6 Å². The summed E-state index contributed by atoms with van der Waals surface area (Å²) in [6.45, 7) is 5.54. The number of nitrogens with zero attached hydrogens (tertiary/aromatic N) is 1. The highest BCUT2D eigenvalue weighted by Crippen LogP contribution is 2.19. The van der Waals surface area contributed by atoms with Gasteiger partial charge >= 0.3 is 6.03 Å². The van der Waals surface area contributed by atoms with Gasteiger partial charge in [0.15, 0.2) is 0 Å². The van der Waals surface area contributed by atoms with Gasteiger partial charge in [-0.1, -0.05) is 19.8 Å². The van der Waals surface area contributed by atoms with Gasteiger partial charge in [-0.15, -0.1) is 0 Å². The van der Waals surface area contributed by atoms with Gasteiger partial charge in [0, 0.05) is 12.6 Å². The zero-order chi connectivity index (χ0) is 12.3. The van der Waals surface area contributed by atoms with Crippen molar-refractivity contribution in [2.24, 2.45) is 0 Å². The Morgan fingerprint density at radius 2 is 2.12 bits per heavy atom. The summed E-state index contributed by atoms with van der Waals surface area (Å²) in [5, 5.41) is 3.16. The number of hydrogen-bond donors (Lipinski definition) is 1. The summed E-state index contributed by atoms with van der Waals surface area (Å²) in [6.07, 6.45) is 5.91. The summed E-state index contributed by atoms with van der Waals surface area (Å²) in [4.78, 5) is 14.2. The molecule has 4 heteroatoms. The van der Waals surface area contributed by atoms with E-state index in [2.05, 4.69) is 12.2 Å². The van der Waals surface area contributed by atoms with E-state index in [9.17, 15) is 4.79 Å². The number of hydrogen-bond acceptors (Lipinski definition) is 2. The molecule has 1 aliphatic heterocycles. The first-order valence-corrected chi connectivity index (χ1v) is 6.89. The fraction of sp³-hybridized carbons (Fsp3) is 0.923. The van der Waals surface area contributed by atoms with E-state index >= 15 is 0 Å². The van der Waals surface area contributed by atoms with Crippen LogP contribution < -0.4 is 5.32 Å². The first-order chi connectivity index (χ1) is 8.20. The van der Waals surface area contributed by atoms with Gasteiger partial charge < -0.3 is 15.0 Å². The molecule has 0 radical (unpaired) electrons. The van der Waals surface area contributed by atoms with Crippen LogP contribution in [-0.2, 0) is 4.74 Å². The van der Waals surface area contributed by atoms with Crippen LogP contribution in [0.2, 0.25) is 0 Å². The van der Waals surface area contributed by atoms with Crippen LogP contribution in [0.4, 0.5) is 4.79 Å². The third-order valence-electron chi connectivity index (χ3n) is 3.88. The van der Waals surface area contributed by atoms with E-state index in [0.717, 1.165) is 25.8 Å². The SMILES string of the molecule is CCC1COC(C)CN1C(=O)NC1CCCC1. The van der Waals surface area contributed by atoms with E-state index in [4.69, 9.17) is 4.74 Å². The molecule has 0 bridgehead atoms. The van der Waals surface area contributed by atoms with Crippen molar-refractivity contribution >= 4 is 6.03 Å². The van der Waals surface area contributed by atoms with Gasteiger partial charge in [0.1, 0.15) is 0 Å². The predicted molar refractivity (Wildman–Crippen MR) is 67.0 cm³/mol. The van der Waals surface area contributed by atoms with Gasteiger partial charge in [0.2, 0.25) is 0 Å². The van der Waals surface area contributed by atoms with Gasteiger partial charge in [-0.3, -0.25) is 0 Å². The van der Waals surface area contributed by atoms with Crippen molar-refractivity contribution in [1.82, 2.24) is 10.2 Å². The quantitative estimate of drug-likeness (QED) is 0.803. The number of morpholine rings is 1. The lowest BCUT2D eigenvalue weighted by Crippen LogP contribution is -2.55. The minimum absolute atomic E-state index is 0.110. The lowest BCUT2D eigenvalue weighted by molar-refractivity contribution is -0.0381. The summed E-state index contributed by atoms with van der Waals surface area (Å²) in [5.41, 5.74) is 0. The Labute approximate surface area is 104 Å². The Bertz CT molecular complexity index is 264. The van der Waals surface area contributed by atoms with E-state index in [0.29, 0.717) is 12.6 Å². The molecule has 2 fully saturated rings. The van der Waals surface area contributed by atoms with E-state index in [1.165, 1.54) is 12.8 Å². The van der Waals surface area contributed by atoms with Crippen molar-refractivity contribution < 1.29 is 9.53 Å². The Hall–Kier alpha value is -0.770. The van der Waals surface area contributed by atoms with Crippen molar-refractivity contribution in [3.05, 3.63) is 0 Å². The molecule has 1 aliphatic carbocycles. The molecule has 1 heterocycles. The Kier molecular flexibility index (Phi) is 4.26. The molecule has 2 rings (SSSR count). The third-order valence-corrected chi connectivity index (χ3v) is 3.88. The van der Waals surface area contributed by atoms with E-state index in [-0.39, 0.29) is 18.2 Å². The highest BCUT2D eigenvalue weighted by Gasteiger charge is 2.30. The first-order valence-electron chi connectivity index (χ1n) is 6.89. The molecule has 1 N–H and O–H groups in total. The molecule has 2 amide bonds. The molecule has 98 valence electrons. The maximum atomic E-state index is 12.2. The van der Waals surface area contributed by atoms with Crippen LogP contribution in [0.3, 0.4) is 0 Å². The summed E-state index contributed by atoms with van der Waals surface area (Å²) >= 11 is 0. The fourth-order valence-corrected chi connectivity index (χ4v) is 2.76. The van der Waals surface area contributed by atoms with E-state index in [1.807, 2.05) is 11.8 Å². The maximum Gasteiger partial charge on any atom is 0.318 e. The summed E-state index contributed by atoms with van der Waals surface area (Å²) < 4.78 is 5.61. The van der Waals surface area contributed by atoms with Gasteiger partial charge in [0.25, 0.3) is 0 Å². The van der Waals surface area contributed by atoms with E-state index in [1.54, 1.807) is 0 Å². The Morgan fingerprint density at radius 1 is 1.41 bits per heavy atom. The second-order valence-electron chi connectivity index (χ2n) is 5.29. The summed E-state index contributed by atoms with van der Waals surface area (Å²) in [5.74, 6) is 0. The molecule has 2 atom stereocenters. The molecule has 17 heavy (non-hydrogen) atoms. The lowest BCUT2D eigenvalue weighted by Gasteiger charge is -2.38. The monoisotopic (exact) mass is 240 g/mol. The average Bonchev–Trinajstić information content (AvgIpc) is 2.81. The number of ether oxygens (including phenoxy) is 1. The van der Waals surface area contributed by atoms with Crippen LogP contribution in [0.25, 0.3) is 0 Å². The Balaban J connectivity index is 1.90. The number of rotatable bonds is 2. The second kappa shape index (κ2) is 5.71. The molecule has 0 aromatic carbocycles. The smallest absolute Gasteiger partial charge is 0.318 e. The predicted octanol–water partition coefficient (Wildman–Crippen LogP) is 2.14. The molecule has 2 aliphatic rings. The summed E-state index contributed by atoms with van der Waals surface area (Å²) in [7, 11) is 0. The van der Waals surface area contributed by atoms with Crippen LogP contribution in [0.5, 0.6) is 0 Å². The van der Waals surface area contributed by atoms with Crippen LogP contribution >= 0.6 is 0 Å².